The Hall–Kier alpha value is -6.91. The predicted octanol–water partition coefficient (Wildman–Crippen LogP) is 3.04. The lowest BCUT2D eigenvalue weighted by Gasteiger charge is -2.27. The quantitative estimate of drug-likeness (QED) is 0.0636. The van der Waals surface area contributed by atoms with Gasteiger partial charge in [0.1, 0.15) is 29.9 Å². The summed E-state index contributed by atoms with van der Waals surface area (Å²) in [7, 11) is 0. The number of aromatic nitrogens is 1. The number of nitrogens with one attached hydrogen (secondary N) is 7. The van der Waals surface area contributed by atoms with Gasteiger partial charge in [0.25, 0.3) is 0 Å². The highest BCUT2D eigenvalue weighted by Crippen LogP contribution is 2.20. The first-order chi connectivity index (χ1) is 31.9. The molecule has 354 valence electrons. The van der Waals surface area contributed by atoms with Gasteiger partial charge >= 0.3 is 0 Å². The highest BCUT2D eigenvalue weighted by atomic mass is 16.3. The molecule has 2 heterocycles. The van der Waals surface area contributed by atoms with Gasteiger partial charge in [-0.05, 0) is 73.4 Å². The van der Waals surface area contributed by atoms with Crippen LogP contribution in [0.15, 0.2) is 90.1 Å². The van der Waals surface area contributed by atoms with E-state index >= 15 is 0 Å². The van der Waals surface area contributed by atoms with Crippen molar-refractivity contribution in [1.29, 1.82) is 0 Å². The van der Waals surface area contributed by atoms with Crippen molar-refractivity contribution < 1.29 is 33.9 Å². The Balaban J connectivity index is 1.43. The third-order valence-corrected chi connectivity index (χ3v) is 11.5. The fourth-order valence-corrected chi connectivity index (χ4v) is 7.90. The van der Waals surface area contributed by atoms with Crippen LogP contribution >= 0.6 is 0 Å². The summed E-state index contributed by atoms with van der Waals surface area (Å²) in [5.41, 5.74) is 14.2. The number of hydrogen-bond donors (Lipinski definition) is 10. The van der Waals surface area contributed by atoms with Gasteiger partial charge in [0.05, 0.1) is 0 Å². The number of nitrogens with two attached hydrogens (primary N) is 2. The first kappa shape index (κ1) is 50.1. The first-order valence-corrected chi connectivity index (χ1v) is 23.1. The number of carbonyl (C=O) groups excluding carboxylic acids is 6. The standard InChI is InChI=1S/C49H66N10O7/c50-49(51)54-28-14-19-39-46(64)59-42(31-35-32-55-38-18-11-10-17-37(35)38)45(63)53-27-13-4-1-8-20-43(61)52-26-12-3-2-9-21-44(62)56-40(30-34-22-24-36(60)25-23-34)47(65)58-41(48(66)57-39)29-33-15-6-5-7-16-33/h5-7,10-11,15-18,22-25,32,39-42,55,60H,1-4,8-9,12-14,19-21,26-31H2,(H,52,61)(H,53,63)(H,56,62)(H,57,66)(H,58,65)(H,59,64)(H4,50,51,54)/t39-,40-,41+,42-/m0/s1. The minimum absolute atomic E-state index is 0.0126. The number of phenolic OH excluding ortho intramolecular Hbond substituents is 1. The average Bonchev–Trinajstić information content (AvgIpc) is 3.71. The summed E-state index contributed by atoms with van der Waals surface area (Å²) in [6.07, 6.45) is 8.88. The van der Waals surface area contributed by atoms with Crippen LogP contribution in [0.4, 0.5) is 0 Å². The summed E-state index contributed by atoms with van der Waals surface area (Å²) < 4.78 is 0. The molecule has 3 aromatic carbocycles. The zero-order valence-corrected chi connectivity index (χ0v) is 37.6. The van der Waals surface area contributed by atoms with Gasteiger partial charge in [-0.2, -0.15) is 0 Å². The third kappa shape index (κ3) is 17.2. The Labute approximate surface area is 386 Å². The highest BCUT2D eigenvalue weighted by molar-refractivity contribution is 5.96. The van der Waals surface area contributed by atoms with E-state index < -0.39 is 47.8 Å². The van der Waals surface area contributed by atoms with Crippen LogP contribution in [-0.4, -0.2) is 95.3 Å². The maximum Gasteiger partial charge on any atom is 0.243 e. The zero-order chi connectivity index (χ0) is 47.1. The number of benzene rings is 3. The number of guanidine groups is 1. The second-order valence-corrected chi connectivity index (χ2v) is 16.8. The fraction of sp³-hybridized carbons (Fsp3) is 0.449. The van der Waals surface area contributed by atoms with Crippen LogP contribution in [0, 0.1) is 0 Å². The van der Waals surface area contributed by atoms with E-state index in [2.05, 4.69) is 41.9 Å². The summed E-state index contributed by atoms with van der Waals surface area (Å²) in [6.45, 7) is 1.06. The van der Waals surface area contributed by atoms with Gasteiger partial charge in [0, 0.05) is 68.8 Å². The van der Waals surface area contributed by atoms with E-state index in [1.165, 1.54) is 12.1 Å². The van der Waals surface area contributed by atoms with Crippen molar-refractivity contribution in [1.82, 2.24) is 36.9 Å². The molecule has 4 aromatic rings. The lowest BCUT2D eigenvalue weighted by molar-refractivity contribution is -0.134. The van der Waals surface area contributed by atoms with Gasteiger partial charge in [-0.25, -0.2) is 0 Å². The Morgan fingerprint density at radius 2 is 1.11 bits per heavy atom. The van der Waals surface area contributed by atoms with Gasteiger partial charge in [0.15, 0.2) is 5.96 Å². The van der Waals surface area contributed by atoms with Crippen molar-refractivity contribution in [2.24, 2.45) is 16.5 Å². The SMILES string of the molecule is NC(N)=NCCC[C@@H]1NC(=O)[C@@H](Cc2ccccc2)NC(=O)[C@H](Cc2ccc(O)cc2)NC(=O)CCCCCCNC(=O)CCCCCCNC(=O)[C@H](Cc2c[nH]c3ccccc23)NC1=O. The van der Waals surface area contributed by atoms with E-state index in [0.717, 1.165) is 54.1 Å². The van der Waals surface area contributed by atoms with E-state index in [-0.39, 0.29) is 68.6 Å². The predicted molar refractivity (Wildman–Crippen MR) is 254 cm³/mol. The summed E-state index contributed by atoms with van der Waals surface area (Å²) in [4.78, 5) is 90.3. The van der Waals surface area contributed by atoms with E-state index in [0.29, 0.717) is 44.3 Å². The normalized spacial score (nSPS) is 20.8. The Morgan fingerprint density at radius 1 is 0.561 bits per heavy atom. The van der Waals surface area contributed by atoms with Gasteiger partial charge in [-0.1, -0.05) is 86.3 Å². The van der Waals surface area contributed by atoms with E-state index in [1.807, 2.05) is 60.8 Å². The maximum atomic E-state index is 14.5. The molecule has 1 saturated heterocycles. The number of H-pyrrole nitrogens is 1. The molecule has 0 aliphatic carbocycles. The van der Waals surface area contributed by atoms with Crippen molar-refractivity contribution >= 4 is 52.3 Å². The lowest BCUT2D eigenvalue weighted by Crippen LogP contribution is -2.59. The number of para-hydroxylation sites is 1. The van der Waals surface area contributed by atoms with Crippen molar-refractivity contribution in [3.8, 4) is 5.75 Å². The minimum atomic E-state index is -1.20. The molecular formula is C49H66N10O7. The molecule has 0 unspecified atom stereocenters. The molecule has 4 atom stereocenters. The van der Waals surface area contributed by atoms with Crippen molar-refractivity contribution in [2.75, 3.05) is 19.6 Å². The summed E-state index contributed by atoms with van der Waals surface area (Å²) >= 11 is 0. The van der Waals surface area contributed by atoms with Crippen molar-refractivity contribution in [3.63, 3.8) is 0 Å². The highest BCUT2D eigenvalue weighted by Gasteiger charge is 2.32. The summed E-state index contributed by atoms with van der Waals surface area (Å²) in [5, 5.41) is 28.3. The van der Waals surface area contributed by atoms with Gasteiger partial charge < -0.3 is 53.5 Å². The minimum Gasteiger partial charge on any atom is -0.508 e. The molecule has 12 N–H and O–H groups in total. The number of amides is 6. The molecule has 5 rings (SSSR count). The number of fused-ring (bicyclic) bond motifs is 1. The van der Waals surface area contributed by atoms with Gasteiger partial charge in [0.2, 0.25) is 35.4 Å². The van der Waals surface area contributed by atoms with E-state index in [9.17, 15) is 33.9 Å². The molecule has 66 heavy (non-hydrogen) atoms. The first-order valence-electron chi connectivity index (χ1n) is 23.1. The molecule has 0 bridgehead atoms. The smallest absolute Gasteiger partial charge is 0.243 e. The second kappa shape index (κ2) is 26.8. The van der Waals surface area contributed by atoms with Crippen LogP contribution in [0.5, 0.6) is 5.75 Å². The Bertz CT molecular complexity index is 2230. The number of hydrogen-bond acceptors (Lipinski definition) is 8. The summed E-state index contributed by atoms with van der Waals surface area (Å²) in [5.74, 6) is -2.76. The number of rotatable bonds is 10. The van der Waals surface area contributed by atoms with Gasteiger partial charge in [-0.15, -0.1) is 0 Å². The molecule has 6 amide bonds. The summed E-state index contributed by atoms with van der Waals surface area (Å²) in [6, 6.07) is 18.5. The number of aliphatic imine (C=N–C) groups is 1. The molecule has 1 aromatic heterocycles. The van der Waals surface area contributed by atoms with Gasteiger partial charge in [-0.3, -0.25) is 33.8 Å². The molecular weight excluding hydrogens is 841 g/mol. The topological polar surface area (TPSA) is 275 Å². The Morgan fingerprint density at radius 3 is 1.79 bits per heavy atom. The number of phenols is 1. The molecule has 0 spiro atoms. The van der Waals surface area contributed by atoms with Crippen molar-refractivity contribution in [2.45, 2.75) is 120 Å². The number of aromatic hydroxyl groups is 1. The second-order valence-electron chi connectivity index (χ2n) is 16.8. The largest absolute Gasteiger partial charge is 0.508 e. The third-order valence-electron chi connectivity index (χ3n) is 11.5. The number of aromatic amines is 1. The molecule has 0 radical (unpaired) electrons. The number of carbonyl (C=O) groups is 6. The van der Waals surface area contributed by atoms with E-state index in [4.69, 9.17) is 11.5 Å². The molecule has 1 fully saturated rings. The van der Waals surface area contributed by atoms with Crippen LogP contribution in [0.2, 0.25) is 0 Å². The molecule has 1 aliphatic rings. The monoisotopic (exact) mass is 907 g/mol. The average molecular weight is 907 g/mol. The van der Waals surface area contributed by atoms with Crippen molar-refractivity contribution in [3.05, 3.63) is 102 Å². The lowest BCUT2D eigenvalue weighted by atomic mass is 10.0. The van der Waals surface area contributed by atoms with Crippen LogP contribution < -0.4 is 43.4 Å². The van der Waals surface area contributed by atoms with E-state index in [1.54, 1.807) is 12.1 Å². The molecule has 0 saturated carbocycles. The molecule has 17 heteroatoms. The molecule has 17 nitrogen and oxygen atoms in total. The molecule has 1 aliphatic heterocycles. The van der Waals surface area contributed by atoms with Crippen LogP contribution in [0.25, 0.3) is 10.9 Å². The van der Waals surface area contributed by atoms with Crippen LogP contribution in [0.1, 0.15) is 93.7 Å². The fourth-order valence-electron chi connectivity index (χ4n) is 7.90. The zero-order valence-electron chi connectivity index (χ0n) is 37.6. The van der Waals surface area contributed by atoms with Crippen LogP contribution in [0.3, 0.4) is 0 Å². The van der Waals surface area contributed by atoms with Crippen LogP contribution in [-0.2, 0) is 48.0 Å². The maximum absolute atomic E-state index is 14.5. The Kier molecular flexibility index (Phi) is 20.3. The number of nitrogens with zero attached hydrogens (tertiary/aromatic N) is 1.